The molecule has 1 heterocycles. The minimum Gasteiger partial charge on any atom is -0.338 e. The first-order valence-corrected chi connectivity index (χ1v) is 11.8. The van der Waals surface area contributed by atoms with Crippen molar-refractivity contribution in [1.29, 1.82) is 0 Å². The Hall–Kier alpha value is -2.12. The van der Waals surface area contributed by atoms with Crippen LogP contribution in [0.25, 0.3) is 0 Å². The SMILES string of the molecule is CC(C)c1ccc(NC(=O)CSc2nc(=O)n(CC[NH+](C)C)c3c2CCCC3)cc1. The predicted octanol–water partition coefficient (Wildman–Crippen LogP) is 2.12. The highest BCUT2D eigenvalue weighted by molar-refractivity contribution is 8.00. The van der Waals surface area contributed by atoms with E-state index in [-0.39, 0.29) is 17.3 Å². The first-order chi connectivity index (χ1) is 14.3. The lowest BCUT2D eigenvalue weighted by molar-refractivity contribution is -0.859. The molecule has 3 rings (SSSR count). The number of carbonyl (C=O) groups excluding carboxylic acids is 1. The van der Waals surface area contributed by atoms with Crippen LogP contribution < -0.4 is 15.9 Å². The Morgan fingerprint density at radius 3 is 2.57 bits per heavy atom. The van der Waals surface area contributed by atoms with E-state index in [0.29, 0.717) is 12.5 Å². The molecule has 0 saturated heterocycles. The largest absolute Gasteiger partial charge is 0.349 e. The van der Waals surface area contributed by atoms with Crippen LogP contribution in [0.5, 0.6) is 0 Å². The molecule has 2 N–H and O–H groups in total. The van der Waals surface area contributed by atoms with E-state index < -0.39 is 0 Å². The maximum atomic E-state index is 12.7. The minimum absolute atomic E-state index is 0.0796. The summed E-state index contributed by atoms with van der Waals surface area (Å²) in [6.45, 7) is 5.87. The third kappa shape index (κ3) is 5.73. The normalized spacial score (nSPS) is 13.5. The molecule has 0 bridgehead atoms. The van der Waals surface area contributed by atoms with Gasteiger partial charge in [0.25, 0.3) is 0 Å². The first-order valence-electron chi connectivity index (χ1n) is 10.8. The first kappa shape index (κ1) is 22.6. The number of fused-ring (bicyclic) bond motifs is 1. The summed E-state index contributed by atoms with van der Waals surface area (Å²) in [5.74, 6) is 0.629. The summed E-state index contributed by atoms with van der Waals surface area (Å²) in [4.78, 5) is 30.8. The highest BCUT2D eigenvalue weighted by Gasteiger charge is 2.21. The van der Waals surface area contributed by atoms with E-state index in [2.05, 4.69) is 38.2 Å². The Balaban J connectivity index is 1.69. The molecule has 0 spiro atoms. The summed E-state index contributed by atoms with van der Waals surface area (Å²) in [6, 6.07) is 7.96. The van der Waals surface area contributed by atoms with Gasteiger partial charge in [-0.15, -0.1) is 0 Å². The summed E-state index contributed by atoms with van der Waals surface area (Å²) in [7, 11) is 4.17. The minimum atomic E-state index is -0.191. The predicted molar refractivity (Wildman–Crippen MR) is 123 cm³/mol. The second kappa shape index (κ2) is 10.3. The molecule has 1 aliphatic carbocycles. The topological polar surface area (TPSA) is 68.4 Å². The second-order valence-corrected chi connectivity index (χ2v) is 9.52. The zero-order valence-corrected chi connectivity index (χ0v) is 19.3. The van der Waals surface area contributed by atoms with Gasteiger partial charge in [-0.2, -0.15) is 4.98 Å². The standard InChI is InChI=1S/C23H32N4O2S/c1-16(2)17-9-11-18(12-10-17)24-21(28)15-30-22-19-7-5-6-8-20(19)27(23(29)25-22)14-13-26(3)4/h9-12,16H,5-8,13-15H2,1-4H3,(H,24,28)/p+1. The number of likely N-dealkylation sites (N-methyl/N-ethyl adjacent to an activating group) is 1. The van der Waals surface area contributed by atoms with Crippen molar-refractivity contribution in [2.75, 3.05) is 31.7 Å². The van der Waals surface area contributed by atoms with E-state index in [1.807, 2.05) is 28.8 Å². The molecule has 1 amide bonds. The molecule has 6 nitrogen and oxygen atoms in total. The number of thioether (sulfide) groups is 1. The molecule has 0 aliphatic heterocycles. The van der Waals surface area contributed by atoms with E-state index >= 15 is 0 Å². The van der Waals surface area contributed by atoms with Gasteiger partial charge in [-0.25, -0.2) is 4.79 Å². The van der Waals surface area contributed by atoms with Gasteiger partial charge < -0.3 is 10.2 Å². The molecule has 1 aliphatic rings. The Labute approximate surface area is 183 Å². The molecule has 0 radical (unpaired) electrons. The molecule has 1 aromatic carbocycles. The van der Waals surface area contributed by atoms with Gasteiger partial charge in [-0.1, -0.05) is 37.7 Å². The average molecular weight is 430 g/mol. The van der Waals surface area contributed by atoms with Crippen molar-refractivity contribution in [2.24, 2.45) is 0 Å². The van der Waals surface area contributed by atoms with E-state index in [9.17, 15) is 9.59 Å². The summed E-state index contributed by atoms with van der Waals surface area (Å²) in [5, 5.41) is 3.67. The van der Waals surface area contributed by atoms with Crippen LogP contribution in [0.4, 0.5) is 5.69 Å². The number of aromatic nitrogens is 2. The van der Waals surface area contributed by atoms with Gasteiger partial charge in [0.15, 0.2) is 0 Å². The lowest BCUT2D eigenvalue weighted by Crippen LogP contribution is -3.06. The van der Waals surface area contributed by atoms with Crippen LogP contribution in [0.15, 0.2) is 34.1 Å². The van der Waals surface area contributed by atoms with Gasteiger partial charge in [0, 0.05) is 16.9 Å². The second-order valence-electron chi connectivity index (χ2n) is 8.55. The number of benzene rings is 1. The van der Waals surface area contributed by atoms with Gasteiger partial charge in [0.05, 0.1) is 32.9 Å². The lowest BCUT2D eigenvalue weighted by atomic mass is 9.97. The molecule has 30 heavy (non-hydrogen) atoms. The van der Waals surface area contributed by atoms with Crippen LogP contribution in [0.2, 0.25) is 0 Å². The maximum Gasteiger partial charge on any atom is 0.349 e. The number of carbonyl (C=O) groups is 1. The fourth-order valence-corrected chi connectivity index (χ4v) is 4.59. The van der Waals surface area contributed by atoms with Crippen LogP contribution in [0.3, 0.4) is 0 Å². The Kier molecular flexibility index (Phi) is 7.72. The molecule has 2 aromatic rings. The van der Waals surface area contributed by atoms with Crippen LogP contribution in [-0.2, 0) is 24.2 Å². The molecule has 0 saturated carbocycles. The molecule has 0 atom stereocenters. The quantitative estimate of drug-likeness (QED) is 0.498. The zero-order valence-electron chi connectivity index (χ0n) is 18.5. The Bertz CT molecular complexity index is 935. The number of hydrogen-bond acceptors (Lipinski definition) is 4. The van der Waals surface area contributed by atoms with Gasteiger partial charge in [0.2, 0.25) is 5.91 Å². The highest BCUT2D eigenvalue weighted by Crippen LogP contribution is 2.28. The van der Waals surface area contributed by atoms with E-state index in [1.165, 1.54) is 22.2 Å². The van der Waals surface area contributed by atoms with E-state index in [1.54, 1.807) is 0 Å². The molecule has 0 unspecified atom stereocenters. The van der Waals surface area contributed by atoms with Gasteiger partial charge >= 0.3 is 5.69 Å². The summed E-state index contributed by atoms with van der Waals surface area (Å²) < 4.78 is 1.85. The maximum absolute atomic E-state index is 12.7. The fraction of sp³-hybridized carbons (Fsp3) is 0.522. The highest BCUT2D eigenvalue weighted by atomic mass is 32.2. The van der Waals surface area contributed by atoms with Crippen LogP contribution in [0.1, 0.15) is 49.4 Å². The number of amides is 1. The molecule has 7 heteroatoms. The van der Waals surface area contributed by atoms with Crippen molar-refractivity contribution >= 4 is 23.4 Å². The van der Waals surface area contributed by atoms with Crippen molar-refractivity contribution in [1.82, 2.24) is 9.55 Å². The Morgan fingerprint density at radius 2 is 1.90 bits per heavy atom. The van der Waals surface area contributed by atoms with Crippen molar-refractivity contribution < 1.29 is 9.69 Å². The van der Waals surface area contributed by atoms with Crippen molar-refractivity contribution in [2.45, 2.75) is 57.0 Å². The van der Waals surface area contributed by atoms with Gasteiger partial charge in [-0.05, 0) is 49.3 Å². The number of quaternary nitrogens is 1. The van der Waals surface area contributed by atoms with Crippen molar-refractivity contribution in [3.63, 3.8) is 0 Å². The number of nitrogens with one attached hydrogen (secondary N) is 2. The molecule has 0 fully saturated rings. The summed E-state index contributed by atoms with van der Waals surface area (Å²) >= 11 is 1.38. The number of rotatable bonds is 8. The summed E-state index contributed by atoms with van der Waals surface area (Å²) in [6.07, 6.45) is 4.05. The van der Waals surface area contributed by atoms with Crippen LogP contribution in [-0.4, -0.2) is 41.9 Å². The number of hydrogen-bond donors (Lipinski definition) is 2. The molecule has 162 valence electrons. The van der Waals surface area contributed by atoms with E-state index in [0.717, 1.165) is 54.2 Å². The van der Waals surface area contributed by atoms with Gasteiger partial charge in [-0.3, -0.25) is 9.36 Å². The third-order valence-electron chi connectivity index (χ3n) is 5.49. The average Bonchev–Trinajstić information content (AvgIpc) is 2.71. The van der Waals surface area contributed by atoms with Crippen molar-refractivity contribution in [3.05, 3.63) is 51.6 Å². The van der Waals surface area contributed by atoms with E-state index in [4.69, 9.17) is 0 Å². The Morgan fingerprint density at radius 1 is 1.20 bits per heavy atom. The lowest BCUT2D eigenvalue weighted by Gasteiger charge is -2.23. The zero-order chi connectivity index (χ0) is 21.7. The number of nitrogens with zero attached hydrogens (tertiary/aromatic N) is 2. The van der Waals surface area contributed by atoms with Crippen LogP contribution >= 0.6 is 11.8 Å². The summed E-state index contributed by atoms with van der Waals surface area (Å²) in [5.41, 5.74) is 4.13. The molecular formula is C23H33N4O2S+. The molecular weight excluding hydrogens is 396 g/mol. The third-order valence-corrected chi connectivity index (χ3v) is 6.50. The monoisotopic (exact) mass is 429 g/mol. The number of anilines is 1. The smallest absolute Gasteiger partial charge is 0.338 e. The molecule has 1 aromatic heterocycles. The van der Waals surface area contributed by atoms with Gasteiger partial charge in [0.1, 0.15) is 5.03 Å². The van der Waals surface area contributed by atoms with Crippen molar-refractivity contribution in [3.8, 4) is 0 Å². The van der Waals surface area contributed by atoms with Crippen LogP contribution in [0, 0.1) is 0 Å². The fourth-order valence-electron chi connectivity index (χ4n) is 3.72.